The highest BCUT2D eigenvalue weighted by Crippen LogP contribution is 2.48. The summed E-state index contributed by atoms with van der Waals surface area (Å²) in [6.45, 7) is 7.88. The summed E-state index contributed by atoms with van der Waals surface area (Å²) in [5, 5.41) is -0.260. The molecule has 0 amide bonds. The largest absolute Gasteiger partial charge is 0.347 e. The molecule has 0 N–H and O–H groups in total. The molecule has 9 heteroatoms. The monoisotopic (exact) mass is 564 g/mol. The number of aromatic nitrogens is 1. The lowest BCUT2D eigenvalue weighted by atomic mass is 9.84. The molecule has 0 saturated carbocycles. The molecule has 1 aliphatic heterocycles. The predicted molar refractivity (Wildman–Crippen MR) is 151 cm³/mol. The number of hydrogen-bond donors (Lipinski definition) is 0. The second kappa shape index (κ2) is 9.18. The van der Waals surface area contributed by atoms with E-state index in [2.05, 4.69) is 24.9 Å². The number of sulfone groups is 2. The molecule has 1 aliphatic rings. The van der Waals surface area contributed by atoms with Crippen LogP contribution in [0.1, 0.15) is 35.4 Å². The van der Waals surface area contributed by atoms with Gasteiger partial charge in [-0.3, -0.25) is 0 Å². The molecule has 0 aliphatic carbocycles. The lowest BCUT2D eigenvalue weighted by molar-refractivity contribution is 0.589. The number of benzene rings is 3. The minimum Gasteiger partial charge on any atom is -0.347 e. The van der Waals surface area contributed by atoms with E-state index in [-0.39, 0.29) is 24.0 Å². The molecule has 1 aromatic heterocycles. The van der Waals surface area contributed by atoms with Crippen LogP contribution in [0.3, 0.4) is 0 Å². The van der Waals surface area contributed by atoms with Crippen LogP contribution in [-0.4, -0.2) is 28.9 Å². The highest BCUT2D eigenvalue weighted by Gasteiger charge is 2.39. The van der Waals surface area contributed by atoms with Gasteiger partial charge in [0.1, 0.15) is 0 Å². The van der Waals surface area contributed by atoms with Crippen LogP contribution in [-0.2, 0) is 25.1 Å². The number of thiazole rings is 1. The standard InChI is InChI=1S/C29H28N2O4S3/c1-19-10-14-21(15-11-19)37(32,33)27-25(18-26-29(3,4)23-8-6-7-9-24(23)31(26)5)36-28(30-27)38(34,35)22-16-12-20(2)13-17-22/h6-18H,1-5H3/b26-18-. The fourth-order valence-corrected chi connectivity index (χ4v) is 9.08. The van der Waals surface area contributed by atoms with Gasteiger partial charge in [-0.15, -0.1) is 11.3 Å². The van der Waals surface area contributed by atoms with Crippen LogP contribution in [0.5, 0.6) is 0 Å². The van der Waals surface area contributed by atoms with Gasteiger partial charge in [0.05, 0.1) is 14.7 Å². The molecular weight excluding hydrogens is 537 g/mol. The van der Waals surface area contributed by atoms with Crippen LogP contribution in [0.15, 0.2) is 97.7 Å². The Morgan fingerprint density at radius 3 is 1.87 bits per heavy atom. The highest BCUT2D eigenvalue weighted by molar-refractivity contribution is 7.94. The number of hydrogen-bond acceptors (Lipinski definition) is 7. The molecule has 5 rings (SSSR count). The molecule has 38 heavy (non-hydrogen) atoms. The van der Waals surface area contributed by atoms with Gasteiger partial charge in [-0.2, -0.15) is 0 Å². The van der Waals surface area contributed by atoms with Gasteiger partial charge in [0.25, 0.3) is 0 Å². The summed E-state index contributed by atoms with van der Waals surface area (Å²) in [4.78, 5) is 6.73. The number of rotatable bonds is 5. The predicted octanol–water partition coefficient (Wildman–Crippen LogP) is 6.19. The van der Waals surface area contributed by atoms with Crippen molar-refractivity contribution in [2.45, 2.75) is 52.3 Å². The molecule has 0 fully saturated rings. The Labute approximate surface area is 228 Å². The Bertz CT molecular complexity index is 1780. The number of allylic oxidation sites excluding steroid dienone is 1. The molecule has 196 valence electrons. The molecule has 0 bridgehead atoms. The van der Waals surface area contributed by atoms with E-state index in [9.17, 15) is 16.8 Å². The summed E-state index contributed by atoms with van der Waals surface area (Å²) >= 11 is 0.877. The second-order valence-electron chi connectivity index (χ2n) is 10.0. The molecule has 0 saturated heterocycles. The van der Waals surface area contributed by atoms with Gasteiger partial charge in [0.2, 0.25) is 24.0 Å². The highest BCUT2D eigenvalue weighted by atomic mass is 32.2. The van der Waals surface area contributed by atoms with Crippen molar-refractivity contribution in [1.29, 1.82) is 0 Å². The van der Waals surface area contributed by atoms with E-state index in [0.717, 1.165) is 39.4 Å². The summed E-state index contributed by atoms with van der Waals surface area (Å²) in [5.41, 5.74) is 4.37. The Morgan fingerprint density at radius 1 is 0.789 bits per heavy atom. The van der Waals surface area contributed by atoms with E-state index in [1.807, 2.05) is 44.0 Å². The Kier molecular flexibility index (Phi) is 6.37. The van der Waals surface area contributed by atoms with Crippen molar-refractivity contribution in [3.63, 3.8) is 0 Å². The first-order chi connectivity index (χ1) is 17.8. The van der Waals surface area contributed by atoms with Gasteiger partial charge in [0.15, 0.2) is 5.03 Å². The Balaban J connectivity index is 1.73. The van der Waals surface area contributed by atoms with Crippen LogP contribution in [0.2, 0.25) is 0 Å². The number of likely N-dealkylation sites (N-methyl/N-ethyl adjacent to an activating group) is 1. The molecule has 2 heterocycles. The van der Waals surface area contributed by atoms with Crippen LogP contribution < -0.4 is 4.90 Å². The molecule has 3 aromatic carbocycles. The average molecular weight is 565 g/mol. The van der Waals surface area contributed by atoms with E-state index in [1.54, 1.807) is 30.3 Å². The Morgan fingerprint density at radius 2 is 1.32 bits per heavy atom. The van der Waals surface area contributed by atoms with Crippen molar-refractivity contribution in [2.24, 2.45) is 0 Å². The maximum atomic E-state index is 13.8. The minimum atomic E-state index is -4.11. The number of para-hydroxylation sites is 1. The average Bonchev–Trinajstić information content (AvgIpc) is 3.40. The third-order valence-electron chi connectivity index (χ3n) is 6.96. The van der Waals surface area contributed by atoms with Crippen molar-refractivity contribution in [3.8, 4) is 0 Å². The quantitative estimate of drug-likeness (QED) is 0.287. The fourth-order valence-electron chi connectivity index (χ4n) is 4.73. The van der Waals surface area contributed by atoms with Crippen LogP contribution in [0.4, 0.5) is 5.69 Å². The molecule has 0 spiro atoms. The summed E-state index contributed by atoms with van der Waals surface area (Å²) in [5.74, 6) is 0. The SMILES string of the molecule is Cc1ccc(S(=O)(=O)c2nc(S(=O)(=O)c3ccc(C)cc3)c(/C=C3\N(C)c4ccccc4C3(C)C)s2)cc1. The van der Waals surface area contributed by atoms with Crippen LogP contribution in [0.25, 0.3) is 6.08 Å². The van der Waals surface area contributed by atoms with Crippen LogP contribution >= 0.6 is 11.3 Å². The lowest BCUT2D eigenvalue weighted by Gasteiger charge is -2.24. The first-order valence-corrected chi connectivity index (χ1v) is 15.8. The number of fused-ring (bicyclic) bond motifs is 1. The van der Waals surface area contributed by atoms with Crippen molar-refractivity contribution in [1.82, 2.24) is 4.98 Å². The van der Waals surface area contributed by atoms with Gasteiger partial charge >= 0.3 is 0 Å². The maximum absolute atomic E-state index is 13.8. The summed E-state index contributed by atoms with van der Waals surface area (Å²) in [6.07, 6.45) is 1.77. The zero-order chi connectivity index (χ0) is 27.5. The van der Waals surface area contributed by atoms with Gasteiger partial charge < -0.3 is 4.90 Å². The Hall–Kier alpha value is -3.27. The summed E-state index contributed by atoms with van der Waals surface area (Å²) in [6, 6.07) is 20.9. The summed E-state index contributed by atoms with van der Waals surface area (Å²) < 4.78 is 54.5. The van der Waals surface area contributed by atoms with Gasteiger partial charge in [0, 0.05) is 23.8 Å². The molecular formula is C29H28N2O4S3. The maximum Gasteiger partial charge on any atom is 0.233 e. The molecule has 0 radical (unpaired) electrons. The van der Waals surface area contributed by atoms with E-state index in [1.165, 1.54) is 24.3 Å². The zero-order valence-electron chi connectivity index (χ0n) is 21.8. The molecule has 0 unspecified atom stereocenters. The minimum absolute atomic E-state index is 0.0645. The van der Waals surface area contributed by atoms with Crippen molar-refractivity contribution < 1.29 is 16.8 Å². The smallest absolute Gasteiger partial charge is 0.233 e. The first-order valence-electron chi connectivity index (χ1n) is 12.0. The van der Waals surface area contributed by atoms with Gasteiger partial charge in [-0.25, -0.2) is 21.8 Å². The summed E-state index contributed by atoms with van der Waals surface area (Å²) in [7, 11) is -6.21. The number of aryl methyl sites for hydroxylation is 2. The van der Waals surface area contributed by atoms with Crippen LogP contribution in [0, 0.1) is 13.8 Å². The van der Waals surface area contributed by atoms with Crippen molar-refractivity contribution in [3.05, 3.63) is 100 Å². The van der Waals surface area contributed by atoms with E-state index >= 15 is 0 Å². The number of anilines is 1. The normalized spacial score (nSPS) is 16.1. The zero-order valence-corrected chi connectivity index (χ0v) is 24.2. The molecule has 0 atom stereocenters. The number of nitrogens with zero attached hydrogens (tertiary/aromatic N) is 2. The van der Waals surface area contributed by atoms with Gasteiger partial charge in [-0.05, 0) is 55.8 Å². The first kappa shape index (κ1) is 26.3. The van der Waals surface area contributed by atoms with Crippen molar-refractivity contribution in [2.75, 3.05) is 11.9 Å². The third-order valence-corrected chi connectivity index (χ3v) is 11.9. The van der Waals surface area contributed by atoms with Crippen molar-refractivity contribution >= 4 is 42.8 Å². The van der Waals surface area contributed by atoms with E-state index < -0.39 is 25.1 Å². The van der Waals surface area contributed by atoms with E-state index in [4.69, 9.17) is 0 Å². The van der Waals surface area contributed by atoms with E-state index in [0.29, 0.717) is 0 Å². The second-order valence-corrected chi connectivity index (χ2v) is 15.0. The molecule has 4 aromatic rings. The molecule has 6 nitrogen and oxygen atoms in total. The fraction of sp³-hybridized carbons (Fsp3) is 0.207. The van der Waals surface area contributed by atoms with Gasteiger partial charge in [-0.1, -0.05) is 67.4 Å². The topological polar surface area (TPSA) is 84.4 Å². The third kappa shape index (κ3) is 4.28. The lowest BCUT2D eigenvalue weighted by Crippen LogP contribution is -2.22.